The summed E-state index contributed by atoms with van der Waals surface area (Å²) in [6, 6.07) is 13.5. The third-order valence-electron chi connectivity index (χ3n) is 4.18. The monoisotopic (exact) mass is 379 g/mol. The Balaban J connectivity index is 1.51. The summed E-state index contributed by atoms with van der Waals surface area (Å²) in [5.41, 5.74) is 2.81. The van der Waals surface area contributed by atoms with E-state index in [1.165, 1.54) is 6.08 Å². The quantitative estimate of drug-likeness (QED) is 0.556. The van der Waals surface area contributed by atoms with Gasteiger partial charge in [-0.05, 0) is 42.3 Å². The maximum absolute atomic E-state index is 12.1. The van der Waals surface area contributed by atoms with Gasteiger partial charge in [-0.2, -0.15) is 0 Å². The molecular weight excluding hydrogens is 354 g/mol. The van der Waals surface area contributed by atoms with E-state index in [-0.39, 0.29) is 5.91 Å². The molecule has 0 aliphatic carbocycles. The van der Waals surface area contributed by atoms with E-state index in [0.29, 0.717) is 31.1 Å². The summed E-state index contributed by atoms with van der Waals surface area (Å²) < 4.78 is 11.0. The summed E-state index contributed by atoms with van der Waals surface area (Å²) in [7, 11) is 1.60. The number of carbonyl (C=O) groups excluding carboxylic acids is 1. The molecule has 146 valence electrons. The molecule has 0 aliphatic heterocycles. The normalized spacial score (nSPS) is 11.1. The molecule has 0 saturated carbocycles. The van der Waals surface area contributed by atoms with E-state index < -0.39 is 0 Å². The molecule has 1 amide bonds. The average molecular weight is 379 g/mol. The molecule has 0 unspecified atom stereocenters. The first kappa shape index (κ1) is 19.5. The van der Waals surface area contributed by atoms with Crippen LogP contribution in [0.4, 0.5) is 0 Å². The summed E-state index contributed by atoms with van der Waals surface area (Å²) in [4.78, 5) is 19.8. The highest BCUT2D eigenvalue weighted by Crippen LogP contribution is 2.28. The Hall–Kier alpha value is -3.28. The van der Waals surface area contributed by atoms with Gasteiger partial charge in [-0.15, -0.1) is 0 Å². The molecule has 28 heavy (non-hydrogen) atoms. The number of amides is 1. The zero-order valence-corrected chi connectivity index (χ0v) is 16.2. The lowest BCUT2D eigenvalue weighted by Crippen LogP contribution is -2.23. The first-order chi connectivity index (χ1) is 13.7. The average Bonchev–Trinajstić information content (AvgIpc) is 3.13. The fourth-order valence-electron chi connectivity index (χ4n) is 2.78. The lowest BCUT2D eigenvalue weighted by Gasteiger charge is -2.10. The van der Waals surface area contributed by atoms with Crippen molar-refractivity contribution < 1.29 is 14.3 Å². The Morgan fingerprint density at radius 1 is 1.21 bits per heavy atom. The zero-order valence-electron chi connectivity index (χ0n) is 16.2. The van der Waals surface area contributed by atoms with Gasteiger partial charge in [0.2, 0.25) is 5.91 Å². The fourth-order valence-corrected chi connectivity index (χ4v) is 2.78. The van der Waals surface area contributed by atoms with Crippen molar-refractivity contribution >= 4 is 23.0 Å². The second-order valence-electron chi connectivity index (χ2n) is 6.33. The molecule has 0 aliphatic rings. The first-order valence-electron chi connectivity index (χ1n) is 9.40. The van der Waals surface area contributed by atoms with Crippen LogP contribution in [0.3, 0.4) is 0 Å². The predicted octanol–water partition coefficient (Wildman–Crippen LogP) is 3.73. The number of carbonyl (C=O) groups is 1. The second kappa shape index (κ2) is 9.60. The number of hydrogen-bond acceptors (Lipinski definition) is 4. The highest BCUT2D eigenvalue weighted by atomic mass is 16.5. The number of aromatic nitrogens is 2. The van der Waals surface area contributed by atoms with Crippen LogP contribution in [0.2, 0.25) is 0 Å². The minimum absolute atomic E-state index is 0.151. The topological polar surface area (TPSA) is 76.2 Å². The van der Waals surface area contributed by atoms with E-state index in [9.17, 15) is 4.79 Å². The molecule has 3 rings (SSSR count). The Labute approximate surface area is 164 Å². The molecule has 3 aromatic rings. The summed E-state index contributed by atoms with van der Waals surface area (Å²) >= 11 is 0. The van der Waals surface area contributed by atoms with Gasteiger partial charge >= 0.3 is 0 Å². The van der Waals surface area contributed by atoms with Crippen LogP contribution in [0.15, 0.2) is 48.5 Å². The molecule has 6 heteroatoms. The standard InChI is InChI=1S/C22H25N3O3/c1-3-14-28-19-10-8-16(15-20(19)27-2)9-11-22(26)23-13-12-21-24-17-6-4-5-7-18(17)25-21/h4-11,15H,3,12-14H2,1-2H3,(H,23,26)(H,24,25)/b11-9+. The molecule has 1 aromatic heterocycles. The highest BCUT2D eigenvalue weighted by molar-refractivity contribution is 5.91. The van der Waals surface area contributed by atoms with Crippen molar-refractivity contribution in [3.63, 3.8) is 0 Å². The van der Waals surface area contributed by atoms with Crippen molar-refractivity contribution in [2.24, 2.45) is 0 Å². The number of nitrogens with zero attached hydrogens (tertiary/aromatic N) is 1. The Bertz CT molecular complexity index is 930. The molecule has 0 bridgehead atoms. The van der Waals surface area contributed by atoms with Crippen LogP contribution in [-0.4, -0.2) is 36.1 Å². The van der Waals surface area contributed by atoms with E-state index in [4.69, 9.17) is 9.47 Å². The number of para-hydroxylation sites is 2. The van der Waals surface area contributed by atoms with Gasteiger partial charge in [0, 0.05) is 19.0 Å². The molecule has 0 radical (unpaired) electrons. The van der Waals surface area contributed by atoms with Crippen LogP contribution >= 0.6 is 0 Å². The smallest absolute Gasteiger partial charge is 0.244 e. The van der Waals surface area contributed by atoms with Crippen LogP contribution in [0.5, 0.6) is 11.5 Å². The fraction of sp³-hybridized carbons (Fsp3) is 0.273. The van der Waals surface area contributed by atoms with Crippen molar-refractivity contribution in [3.8, 4) is 11.5 Å². The van der Waals surface area contributed by atoms with Crippen LogP contribution in [-0.2, 0) is 11.2 Å². The van der Waals surface area contributed by atoms with E-state index in [0.717, 1.165) is 28.8 Å². The number of aromatic amines is 1. The highest BCUT2D eigenvalue weighted by Gasteiger charge is 2.05. The number of benzene rings is 2. The number of imidazole rings is 1. The number of H-pyrrole nitrogens is 1. The van der Waals surface area contributed by atoms with Gasteiger partial charge < -0.3 is 19.8 Å². The van der Waals surface area contributed by atoms with E-state index in [1.54, 1.807) is 13.2 Å². The van der Waals surface area contributed by atoms with Gasteiger partial charge in [-0.25, -0.2) is 4.98 Å². The summed E-state index contributed by atoms with van der Waals surface area (Å²) in [6.45, 7) is 3.20. The van der Waals surface area contributed by atoms with Crippen molar-refractivity contribution in [1.82, 2.24) is 15.3 Å². The number of hydrogen-bond donors (Lipinski definition) is 2. The van der Waals surface area contributed by atoms with Crippen LogP contribution < -0.4 is 14.8 Å². The van der Waals surface area contributed by atoms with Crippen LogP contribution in [0.1, 0.15) is 24.7 Å². The van der Waals surface area contributed by atoms with Gasteiger partial charge in [-0.1, -0.05) is 25.1 Å². The molecule has 0 fully saturated rings. The van der Waals surface area contributed by atoms with Crippen molar-refractivity contribution in [2.75, 3.05) is 20.3 Å². The minimum Gasteiger partial charge on any atom is -0.493 e. The van der Waals surface area contributed by atoms with Crippen molar-refractivity contribution in [1.29, 1.82) is 0 Å². The molecule has 6 nitrogen and oxygen atoms in total. The summed E-state index contributed by atoms with van der Waals surface area (Å²) in [5, 5.41) is 2.87. The Kier molecular flexibility index (Phi) is 6.68. The van der Waals surface area contributed by atoms with Crippen molar-refractivity contribution in [2.45, 2.75) is 19.8 Å². The molecule has 1 heterocycles. The molecule has 0 spiro atoms. The SMILES string of the molecule is CCCOc1ccc(/C=C/C(=O)NCCc2nc3ccccc3[nH]2)cc1OC. The largest absolute Gasteiger partial charge is 0.493 e. The van der Waals surface area contributed by atoms with Gasteiger partial charge in [-0.3, -0.25) is 4.79 Å². The van der Waals surface area contributed by atoms with E-state index >= 15 is 0 Å². The molecule has 2 N–H and O–H groups in total. The minimum atomic E-state index is -0.151. The third-order valence-corrected chi connectivity index (χ3v) is 4.18. The zero-order chi connectivity index (χ0) is 19.8. The third kappa shape index (κ3) is 5.13. The number of nitrogens with one attached hydrogen (secondary N) is 2. The number of rotatable bonds is 9. The summed E-state index contributed by atoms with van der Waals surface area (Å²) in [5.74, 6) is 2.07. The molecular formula is C22H25N3O3. The lowest BCUT2D eigenvalue weighted by atomic mass is 10.2. The Morgan fingerprint density at radius 3 is 2.86 bits per heavy atom. The van der Waals surface area contributed by atoms with Gasteiger partial charge in [0.15, 0.2) is 11.5 Å². The molecule has 0 atom stereocenters. The lowest BCUT2D eigenvalue weighted by molar-refractivity contribution is -0.116. The van der Waals surface area contributed by atoms with E-state index in [1.807, 2.05) is 42.5 Å². The summed E-state index contributed by atoms with van der Waals surface area (Å²) in [6.07, 6.45) is 4.84. The van der Waals surface area contributed by atoms with Gasteiger partial charge in [0.05, 0.1) is 24.8 Å². The number of ether oxygens (including phenoxy) is 2. The molecule has 0 saturated heterocycles. The van der Waals surface area contributed by atoms with Gasteiger partial charge in [0.1, 0.15) is 5.82 Å². The first-order valence-corrected chi connectivity index (χ1v) is 9.40. The number of fused-ring (bicyclic) bond motifs is 1. The van der Waals surface area contributed by atoms with Crippen molar-refractivity contribution in [3.05, 3.63) is 59.9 Å². The second-order valence-corrected chi connectivity index (χ2v) is 6.33. The molecule has 2 aromatic carbocycles. The van der Waals surface area contributed by atoms with Crippen LogP contribution in [0.25, 0.3) is 17.1 Å². The number of methoxy groups -OCH3 is 1. The predicted molar refractivity (Wildman–Crippen MR) is 111 cm³/mol. The Morgan fingerprint density at radius 2 is 2.07 bits per heavy atom. The van der Waals surface area contributed by atoms with E-state index in [2.05, 4.69) is 22.2 Å². The van der Waals surface area contributed by atoms with Gasteiger partial charge in [0.25, 0.3) is 0 Å². The maximum atomic E-state index is 12.1. The van der Waals surface area contributed by atoms with Crippen LogP contribution in [0, 0.1) is 0 Å². The maximum Gasteiger partial charge on any atom is 0.244 e.